The summed E-state index contributed by atoms with van der Waals surface area (Å²) in [7, 11) is 2.20. The molecule has 0 atom stereocenters. The predicted octanol–water partition coefficient (Wildman–Crippen LogP) is 3.80. The minimum atomic E-state index is 0.801. The van der Waals surface area contributed by atoms with Gasteiger partial charge in [0, 0.05) is 17.1 Å². The third-order valence-electron chi connectivity index (χ3n) is 3.85. The first-order chi connectivity index (χ1) is 9.24. The van der Waals surface area contributed by atoms with E-state index in [1.807, 2.05) is 0 Å². The van der Waals surface area contributed by atoms with E-state index in [0.717, 1.165) is 25.7 Å². The van der Waals surface area contributed by atoms with Crippen LogP contribution in [0.2, 0.25) is 0 Å². The zero-order valence-corrected chi connectivity index (χ0v) is 13.5. The Bertz CT molecular complexity index is 375. The van der Waals surface area contributed by atoms with Crippen molar-refractivity contribution in [1.29, 1.82) is 0 Å². The van der Waals surface area contributed by atoms with Gasteiger partial charge < -0.3 is 10.2 Å². The van der Waals surface area contributed by atoms with Crippen molar-refractivity contribution >= 4 is 15.9 Å². The van der Waals surface area contributed by atoms with Gasteiger partial charge in [-0.25, -0.2) is 0 Å². The van der Waals surface area contributed by atoms with Gasteiger partial charge in [-0.15, -0.1) is 0 Å². The normalized spacial score (nSPS) is 16.4. The maximum Gasteiger partial charge on any atom is 0.0231 e. The van der Waals surface area contributed by atoms with Crippen LogP contribution in [0.3, 0.4) is 0 Å². The second-order valence-electron chi connectivity index (χ2n) is 5.66. The Hall–Kier alpha value is -0.380. The number of hydrogen-bond donors (Lipinski definition) is 1. The van der Waals surface area contributed by atoms with E-state index in [9.17, 15) is 0 Å². The molecule has 1 aromatic carbocycles. The molecular weight excluding hydrogens is 300 g/mol. The predicted molar refractivity (Wildman–Crippen MR) is 85.4 cm³/mol. The minimum Gasteiger partial charge on any atom is -0.314 e. The summed E-state index contributed by atoms with van der Waals surface area (Å²) in [4.78, 5) is 2.40. The van der Waals surface area contributed by atoms with E-state index >= 15 is 0 Å². The van der Waals surface area contributed by atoms with Gasteiger partial charge in [-0.3, -0.25) is 0 Å². The topological polar surface area (TPSA) is 15.3 Å². The molecule has 0 bridgehead atoms. The summed E-state index contributed by atoms with van der Waals surface area (Å²) in [6.07, 6.45) is 6.84. The molecule has 106 valence electrons. The highest BCUT2D eigenvalue weighted by Gasteiger charge is 2.13. The molecule has 0 amide bonds. The lowest BCUT2D eigenvalue weighted by Crippen LogP contribution is -2.29. The van der Waals surface area contributed by atoms with Crippen LogP contribution in [-0.2, 0) is 6.54 Å². The number of rotatable bonds is 7. The third-order valence-corrected chi connectivity index (χ3v) is 4.34. The Morgan fingerprint density at radius 1 is 1.32 bits per heavy atom. The van der Waals surface area contributed by atoms with Crippen LogP contribution in [0.15, 0.2) is 28.7 Å². The second kappa shape index (κ2) is 8.03. The van der Waals surface area contributed by atoms with Crippen LogP contribution in [-0.4, -0.2) is 31.1 Å². The lowest BCUT2D eigenvalue weighted by molar-refractivity contribution is 0.316. The minimum absolute atomic E-state index is 0.801. The lowest BCUT2D eigenvalue weighted by Gasteiger charge is -2.18. The summed E-state index contributed by atoms with van der Waals surface area (Å²) < 4.78 is 1.17. The van der Waals surface area contributed by atoms with E-state index in [4.69, 9.17) is 0 Å². The van der Waals surface area contributed by atoms with Crippen molar-refractivity contribution in [2.75, 3.05) is 20.1 Å². The molecule has 0 unspecified atom stereocenters. The average Bonchev–Trinajstić information content (AvgIpc) is 2.88. The fourth-order valence-electron chi connectivity index (χ4n) is 2.81. The summed E-state index contributed by atoms with van der Waals surface area (Å²) in [6, 6.07) is 9.38. The molecule has 1 fully saturated rings. The Balaban J connectivity index is 1.60. The molecule has 3 heteroatoms. The van der Waals surface area contributed by atoms with Crippen molar-refractivity contribution in [3.05, 3.63) is 34.3 Å². The van der Waals surface area contributed by atoms with Crippen molar-refractivity contribution in [2.45, 2.75) is 44.7 Å². The Morgan fingerprint density at radius 2 is 2.11 bits per heavy atom. The van der Waals surface area contributed by atoms with E-state index in [1.165, 1.54) is 42.1 Å². The Kier molecular flexibility index (Phi) is 6.35. The van der Waals surface area contributed by atoms with Gasteiger partial charge in [0.25, 0.3) is 0 Å². The molecule has 1 N–H and O–H groups in total. The molecule has 0 radical (unpaired) electrons. The maximum atomic E-state index is 3.68. The quantitative estimate of drug-likeness (QED) is 0.767. The molecule has 1 aromatic rings. The first-order valence-corrected chi connectivity index (χ1v) is 8.20. The number of benzene rings is 1. The van der Waals surface area contributed by atoms with Crippen molar-refractivity contribution in [2.24, 2.45) is 0 Å². The molecule has 1 aliphatic rings. The second-order valence-corrected chi connectivity index (χ2v) is 6.57. The molecule has 2 rings (SSSR count). The van der Waals surface area contributed by atoms with E-state index in [0.29, 0.717) is 0 Å². The summed E-state index contributed by atoms with van der Waals surface area (Å²) >= 11 is 3.53. The largest absolute Gasteiger partial charge is 0.314 e. The fraction of sp³-hybridized carbons (Fsp3) is 0.625. The number of hydrogen-bond acceptors (Lipinski definition) is 2. The van der Waals surface area contributed by atoms with Crippen LogP contribution < -0.4 is 5.32 Å². The van der Waals surface area contributed by atoms with Crippen LogP contribution in [0.1, 0.15) is 37.7 Å². The molecule has 0 heterocycles. The maximum absolute atomic E-state index is 3.68. The van der Waals surface area contributed by atoms with Gasteiger partial charge in [-0.2, -0.15) is 0 Å². The lowest BCUT2D eigenvalue weighted by atomic mass is 10.2. The number of halogens is 1. The summed E-state index contributed by atoms with van der Waals surface area (Å²) in [5.41, 5.74) is 1.38. The van der Waals surface area contributed by atoms with Gasteiger partial charge in [-0.05, 0) is 57.1 Å². The average molecular weight is 325 g/mol. The summed E-state index contributed by atoms with van der Waals surface area (Å²) in [6.45, 7) is 3.35. The van der Waals surface area contributed by atoms with Gasteiger partial charge in [0.15, 0.2) is 0 Å². The zero-order chi connectivity index (χ0) is 13.5. The monoisotopic (exact) mass is 324 g/mol. The molecule has 0 saturated heterocycles. The SMILES string of the molecule is CN(CCCNC1CCCC1)Cc1cccc(Br)c1. The first-order valence-electron chi connectivity index (χ1n) is 7.40. The smallest absolute Gasteiger partial charge is 0.0231 e. The van der Waals surface area contributed by atoms with Crippen molar-refractivity contribution in [3.63, 3.8) is 0 Å². The Morgan fingerprint density at radius 3 is 2.84 bits per heavy atom. The van der Waals surface area contributed by atoms with Gasteiger partial charge in [-0.1, -0.05) is 40.9 Å². The molecule has 2 nitrogen and oxygen atoms in total. The van der Waals surface area contributed by atoms with E-state index in [1.54, 1.807) is 0 Å². The third kappa shape index (κ3) is 5.64. The van der Waals surface area contributed by atoms with Crippen LogP contribution in [0.4, 0.5) is 0 Å². The summed E-state index contributed by atoms with van der Waals surface area (Å²) in [5.74, 6) is 0. The van der Waals surface area contributed by atoms with E-state index < -0.39 is 0 Å². The van der Waals surface area contributed by atoms with Crippen molar-refractivity contribution in [1.82, 2.24) is 10.2 Å². The fourth-order valence-corrected chi connectivity index (χ4v) is 3.26. The standard InChI is InChI=1S/C16H25BrN2/c1-19(13-14-6-4-7-15(17)12-14)11-5-10-18-16-8-2-3-9-16/h4,6-7,12,16,18H,2-3,5,8-11,13H2,1H3. The van der Waals surface area contributed by atoms with Crippen molar-refractivity contribution in [3.8, 4) is 0 Å². The number of nitrogens with one attached hydrogen (secondary N) is 1. The van der Waals surface area contributed by atoms with Gasteiger partial charge >= 0.3 is 0 Å². The number of nitrogens with zero attached hydrogens (tertiary/aromatic N) is 1. The Labute approximate surface area is 125 Å². The molecule has 1 aliphatic carbocycles. The van der Waals surface area contributed by atoms with E-state index in [-0.39, 0.29) is 0 Å². The van der Waals surface area contributed by atoms with Gasteiger partial charge in [0.1, 0.15) is 0 Å². The van der Waals surface area contributed by atoms with Crippen LogP contribution in [0.25, 0.3) is 0 Å². The zero-order valence-electron chi connectivity index (χ0n) is 11.9. The van der Waals surface area contributed by atoms with Gasteiger partial charge in [0.05, 0.1) is 0 Å². The van der Waals surface area contributed by atoms with Crippen LogP contribution in [0, 0.1) is 0 Å². The molecule has 0 aromatic heterocycles. The summed E-state index contributed by atoms with van der Waals surface area (Å²) in [5, 5.41) is 3.68. The van der Waals surface area contributed by atoms with Crippen molar-refractivity contribution < 1.29 is 0 Å². The highest BCUT2D eigenvalue weighted by molar-refractivity contribution is 9.10. The first kappa shape index (κ1) is 15.0. The van der Waals surface area contributed by atoms with Crippen LogP contribution in [0.5, 0.6) is 0 Å². The molecule has 19 heavy (non-hydrogen) atoms. The van der Waals surface area contributed by atoms with Crippen LogP contribution >= 0.6 is 15.9 Å². The highest BCUT2D eigenvalue weighted by Crippen LogP contribution is 2.17. The molecule has 0 spiro atoms. The van der Waals surface area contributed by atoms with E-state index in [2.05, 4.69) is 57.5 Å². The highest BCUT2D eigenvalue weighted by atomic mass is 79.9. The molecule has 1 saturated carbocycles. The molecule has 0 aliphatic heterocycles. The van der Waals surface area contributed by atoms with Gasteiger partial charge in [0.2, 0.25) is 0 Å². The molecular formula is C16H25BrN2.